The maximum atomic E-state index is 13.6. The van der Waals surface area contributed by atoms with Gasteiger partial charge >= 0.3 is 6.03 Å². The lowest BCUT2D eigenvalue weighted by Crippen LogP contribution is -2.23. The molecule has 0 saturated heterocycles. The van der Waals surface area contributed by atoms with Gasteiger partial charge in [-0.05, 0) is 36.8 Å². The van der Waals surface area contributed by atoms with Crippen molar-refractivity contribution in [2.45, 2.75) is 19.3 Å². The minimum absolute atomic E-state index is 0.0875. The molecule has 0 fully saturated rings. The molecule has 4 N–H and O–H groups in total. The number of fused-ring (bicyclic) bond motifs is 1. The smallest absolute Gasteiger partial charge is 0.309 e. The van der Waals surface area contributed by atoms with Gasteiger partial charge in [-0.15, -0.1) is 0 Å². The number of anilines is 3. The van der Waals surface area contributed by atoms with Crippen LogP contribution in [0.1, 0.15) is 29.2 Å². The van der Waals surface area contributed by atoms with E-state index in [-0.39, 0.29) is 17.5 Å². The van der Waals surface area contributed by atoms with Crippen molar-refractivity contribution in [3.05, 3.63) is 71.2 Å². The summed E-state index contributed by atoms with van der Waals surface area (Å²) in [4.78, 5) is 24.1. The molecule has 2 heterocycles. The first-order chi connectivity index (χ1) is 13.5. The summed E-state index contributed by atoms with van der Waals surface area (Å²) in [6.07, 6.45) is 0.327. The molecule has 0 saturated carbocycles. The number of nitrogens with one attached hydrogen (secondary N) is 4. The molecule has 7 nitrogen and oxygen atoms in total. The number of nitrogens with zero attached hydrogens (tertiary/aromatic N) is 1. The van der Waals surface area contributed by atoms with Crippen LogP contribution in [-0.2, 0) is 4.79 Å². The summed E-state index contributed by atoms with van der Waals surface area (Å²) in [7, 11) is 0. The summed E-state index contributed by atoms with van der Waals surface area (Å²) in [5, 5.41) is 14.9. The zero-order valence-electron chi connectivity index (χ0n) is 15.0. The largest absolute Gasteiger partial charge is 0.323 e. The number of rotatable bonds is 3. The molecule has 1 aliphatic heterocycles. The minimum atomic E-state index is -0.539. The lowest BCUT2D eigenvalue weighted by Gasteiger charge is -2.23. The van der Waals surface area contributed by atoms with Crippen molar-refractivity contribution >= 4 is 29.1 Å². The molecule has 1 atom stereocenters. The Morgan fingerprint density at radius 2 is 1.89 bits per heavy atom. The molecule has 3 amide bonds. The predicted octanol–water partition coefficient (Wildman–Crippen LogP) is 3.98. The summed E-state index contributed by atoms with van der Waals surface area (Å²) in [6, 6.07) is 12.6. The number of para-hydroxylation sites is 1. The highest BCUT2D eigenvalue weighted by molar-refractivity contribution is 5.99. The molecule has 0 bridgehead atoms. The van der Waals surface area contributed by atoms with Crippen LogP contribution in [-0.4, -0.2) is 22.1 Å². The van der Waals surface area contributed by atoms with E-state index >= 15 is 0 Å². The number of carbonyl (C=O) groups is 2. The lowest BCUT2D eigenvalue weighted by molar-refractivity contribution is -0.116. The zero-order chi connectivity index (χ0) is 19.7. The Morgan fingerprint density at radius 1 is 1.14 bits per heavy atom. The number of carbonyl (C=O) groups excluding carboxylic acids is 2. The molecule has 0 radical (unpaired) electrons. The molecule has 1 aliphatic rings. The molecule has 1 unspecified atom stereocenters. The van der Waals surface area contributed by atoms with Gasteiger partial charge in [0.15, 0.2) is 5.82 Å². The number of amides is 3. The molecule has 1 aromatic heterocycles. The number of hydrogen-bond acceptors (Lipinski definition) is 3. The standard InChI is InChI=1S/C20H18FN5O2/c1-11-18-14(10-17(27)24-19(18)26-25-11)12-6-8-13(9-7-12)22-20(28)23-16-5-3-2-4-15(16)21/h2-9,14H,10H2,1H3,(H2,22,23,28)(H2,24,25,26,27). The molecule has 0 aliphatic carbocycles. The molecular formula is C20H18FN5O2. The van der Waals surface area contributed by atoms with Gasteiger partial charge in [0.25, 0.3) is 0 Å². The number of aromatic nitrogens is 2. The third kappa shape index (κ3) is 3.44. The van der Waals surface area contributed by atoms with E-state index in [0.717, 1.165) is 16.8 Å². The first-order valence-electron chi connectivity index (χ1n) is 8.78. The zero-order valence-corrected chi connectivity index (χ0v) is 15.0. The van der Waals surface area contributed by atoms with Crippen molar-refractivity contribution in [1.82, 2.24) is 10.2 Å². The average Bonchev–Trinajstić information content (AvgIpc) is 3.04. The number of aromatic amines is 1. The Kier molecular flexibility index (Phi) is 4.52. The molecule has 28 heavy (non-hydrogen) atoms. The van der Waals surface area contributed by atoms with Crippen LogP contribution >= 0.6 is 0 Å². The van der Waals surface area contributed by atoms with E-state index in [1.807, 2.05) is 19.1 Å². The number of urea groups is 1. The van der Waals surface area contributed by atoms with Crippen LogP contribution in [0.2, 0.25) is 0 Å². The van der Waals surface area contributed by atoms with Crippen LogP contribution in [0.5, 0.6) is 0 Å². The number of halogens is 1. The van der Waals surface area contributed by atoms with Gasteiger partial charge in [0.05, 0.1) is 5.69 Å². The Morgan fingerprint density at radius 3 is 2.64 bits per heavy atom. The van der Waals surface area contributed by atoms with Gasteiger partial charge in [-0.3, -0.25) is 9.89 Å². The van der Waals surface area contributed by atoms with Gasteiger partial charge in [0.2, 0.25) is 5.91 Å². The maximum absolute atomic E-state index is 13.6. The fourth-order valence-corrected chi connectivity index (χ4v) is 3.36. The number of hydrogen-bond donors (Lipinski definition) is 4. The second-order valence-electron chi connectivity index (χ2n) is 6.60. The quantitative estimate of drug-likeness (QED) is 0.554. The van der Waals surface area contributed by atoms with Crippen LogP contribution in [0, 0.1) is 12.7 Å². The number of aryl methyl sites for hydroxylation is 1. The third-order valence-electron chi connectivity index (χ3n) is 4.68. The van der Waals surface area contributed by atoms with E-state index in [2.05, 4.69) is 26.1 Å². The minimum Gasteiger partial charge on any atom is -0.309 e. The number of benzene rings is 2. The van der Waals surface area contributed by atoms with Crippen molar-refractivity contribution in [2.24, 2.45) is 0 Å². The fraction of sp³-hybridized carbons (Fsp3) is 0.150. The van der Waals surface area contributed by atoms with Gasteiger partial charge in [0, 0.05) is 29.3 Å². The summed E-state index contributed by atoms with van der Waals surface area (Å²) >= 11 is 0. The molecule has 3 aromatic rings. The van der Waals surface area contributed by atoms with Crippen LogP contribution in [0.4, 0.5) is 26.4 Å². The summed E-state index contributed by atoms with van der Waals surface area (Å²) < 4.78 is 13.6. The Hall–Kier alpha value is -3.68. The van der Waals surface area contributed by atoms with Crippen molar-refractivity contribution in [3.8, 4) is 0 Å². The second kappa shape index (κ2) is 7.15. The van der Waals surface area contributed by atoms with Crippen LogP contribution < -0.4 is 16.0 Å². The van der Waals surface area contributed by atoms with Crippen molar-refractivity contribution in [3.63, 3.8) is 0 Å². The highest BCUT2D eigenvalue weighted by Crippen LogP contribution is 2.38. The van der Waals surface area contributed by atoms with E-state index in [1.165, 1.54) is 12.1 Å². The van der Waals surface area contributed by atoms with Crippen molar-refractivity contribution in [2.75, 3.05) is 16.0 Å². The summed E-state index contributed by atoms with van der Waals surface area (Å²) in [5.41, 5.74) is 3.49. The van der Waals surface area contributed by atoms with E-state index in [1.54, 1.807) is 24.3 Å². The maximum Gasteiger partial charge on any atom is 0.323 e. The Bertz CT molecular complexity index is 1050. The monoisotopic (exact) mass is 379 g/mol. The van der Waals surface area contributed by atoms with Crippen LogP contribution in [0.25, 0.3) is 0 Å². The highest BCUT2D eigenvalue weighted by Gasteiger charge is 2.30. The average molecular weight is 379 g/mol. The molecule has 2 aromatic carbocycles. The SMILES string of the molecule is Cc1[nH]nc2c1C(c1ccc(NC(=O)Nc3ccccc3F)cc1)CC(=O)N2. The molecule has 8 heteroatoms. The van der Waals surface area contributed by atoms with E-state index in [4.69, 9.17) is 0 Å². The highest BCUT2D eigenvalue weighted by atomic mass is 19.1. The first kappa shape index (κ1) is 17.7. The summed E-state index contributed by atoms with van der Waals surface area (Å²) in [6.45, 7) is 1.92. The lowest BCUT2D eigenvalue weighted by atomic mass is 9.86. The van der Waals surface area contributed by atoms with Crippen molar-refractivity contribution < 1.29 is 14.0 Å². The first-order valence-corrected chi connectivity index (χ1v) is 8.78. The van der Waals surface area contributed by atoms with E-state index < -0.39 is 11.8 Å². The third-order valence-corrected chi connectivity index (χ3v) is 4.68. The fourth-order valence-electron chi connectivity index (χ4n) is 3.36. The summed E-state index contributed by atoms with van der Waals surface area (Å²) in [5.74, 6) is -0.140. The molecular weight excluding hydrogens is 361 g/mol. The van der Waals surface area contributed by atoms with Gasteiger partial charge in [-0.25, -0.2) is 9.18 Å². The van der Waals surface area contributed by atoms with E-state index in [0.29, 0.717) is 17.9 Å². The van der Waals surface area contributed by atoms with Gasteiger partial charge in [-0.2, -0.15) is 5.10 Å². The van der Waals surface area contributed by atoms with Crippen LogP contribution in [0.3, 0.4) is 0 Å². The molecule has 4 rings (SSSR count). The Labute approximate surface area is 160 Å². The normalized spacial score (nSPS) is 15.5. The second-order valence-corrected chi connectivity index (χ2v) is 6.60. The molecule has 142 valence electrons. The predicted molar refractivity (Wildman–Crippen MR) is 104 cm³/mol. The van der Waals surface area contributed by atoms with Crippen molar-refractivity contribution in [1.29, 1.82) is 0 Å². The van der Waals surface area contributed by atoms with E-state index in [9.17, 15) is 14.0 Å². The van der Waals surface area contributed by atoms with Crippen LogP contribution in [0.15, 0.2) is 48.5 Å². The Balaban J connectivity index is 1.49. The van der Waals surface area contributed by atoms with Gasteiger partial charge in [0.1, 0.15) is 5.82 Å². The van der Waals surface area contributed by atoms with Gasteiger partial charge in [-0.1, -0.05) is 24.3 Å². The van der Waals surface area contributed by atoms with Gasteiger partial charge < -0.3 is 16.0 Å². The number of H-pyrrole nitrogens is 1. The molecule has 0 spiro atoms. The topological polar surface area (TPSA) is 98.9 Å².